The van der Waals surface area contributed by atoms with Crippen LogP contribution in [0.25, 0.3) is 11.1 Å². The summed E-state index contributed by atoms with van der Waals surface area (Å²) in [5, 5.41) is 16.8. The van der Waals surface area contributed by atoms with Gasteiger partial charge in [-0.25, -0.2) is 0 Å². The highest BCUT2D eigenvalue weighted by molar-refractivity contribution is 6.00. The molecular weight excluding hydrogens is 326 g/mol. The quantitative estimate of drug-likeness (QED) is 0.866. The van der Waals surface area contributed by atoms with Gasteiger partial charge in [-0.3, -0.25) is 14.8 Å². The van der Waals surface area contributed by atoms with Crippen LogP contribution < -0.4 is 4.90 Å². The Morgan fingerprint density at radius 2 is 2.12 bits per heavy atom. The molecule has 1 saturated carbocycles. The molecule has 2 aromatic rings. The van der Waals surface area contributed by atoms with Gasteiger partial charge in [-0.15, -0.1) is 0 Å². The summed E-state index contributed by atoms with van der Waals surface area (Å²) in [6.45, 7) is 1.38. The first-order valence-corrected chi connectivity index (χ1v) is 9.41. The van der Waals surface area contributed by atoms with Crippen molar-refractivity contribution in [2.45, 2.75) is 44.1 Å². The first kappa shape index (κ1) is 15.4. The Bertz CT molecular complexity index is 907. The topological polar surface area (TPSA) is 76.0 Å². The maximum absolute atomic E-state index is 13.1. The van der Waals surface area contributed by atoms with Crippen molar-refractivity contribution in [3.63, 3.8) is 0 Å². The number of hydrogen-bond donors (Lipinski definition) is 1. The van der Waals surface area contributed by atoms with E-state index in [2.05, 4.69) is 22.5 Å². The summed E-state index contributed by atoms with van der Waals surface area (Å²) in [7, 11) is 0. The largest absolute Gasteiger partial charge is 0.310 e. The molecule has 1 N–H and O–H groups in total. The van der Waals surface area contributed by atoms with E-state index in [-0.39, 0.29) is 11.9 Å². The van der Waals surface area contributed by atoms with Gasteiger partial charge < -0.3 is 4.90 Å². The van der Waals surface area contributed by atoms with Gasteiger partial charge in [0.25, 0.3) is 0 Å². The fraction of sp³-hybridized carbons (Fsp3) is 0.450. The van der Waals surface area contributed by atoms with Crippen LogP contribution in [0.15, 0.2) is 24.4 Å². The summed E-state index contributed by atoms with van der Waals surface area (Å²) in [4.78, 5) is 16.6. The Balaban J connectivity index is 1.50. The molecule has 1 aromatic carbocycles. The molecule has 1 amide bonds. The van der Waals surface area contributed by atoms with E-state index in [1.165, 1.54) is 29.5 Å². The van der Waals surface area contributed by atoms with Crippen LogP contribution in [-0.2, 0) is 11.2 Å². The maximum Gasteiger partial charge on any atom is 0.250 e. The van der Waals surface area contributed by atoms with Crippen molar-refractivity contribution in [1.82, 2.24) is 15.1 Å². The number of anilines is 1. The number of nitrogens with zero attached hydrogens (tertiary/aromatic N) is 4. The number of likely N-dealkylation sites (tertiary alicyclic amines) is 1. The van der Waals surface area contributed by atoms with E-state index in [1.54, 1.807) is 4.90 Å². The fourth-order valence-electron chi connectivity index (χ4n) is 4.42. The van der Waals surface area contributed by atoms with Gasteiger partial charge in [0, 0.05) is 36.5 Å². The average Bonchev–Trinajstić information content (AvgIpc) is 3.10. The molecular formula is C20H21N5O. The number of amides is 1. The van der Waals surface area contributed by atoms with E-state index in [1.807, 2.05) is 23.2 Å². The highest BCUT2D eigenvalue weighted by Gasteiger charge is 2.37. The van der Waals surface area contributed by atoms with Crippen molar-refractivity contribution >= 4 is 11.6 Å². The van der Waals surface area contributed by atoms with Crippen LogP contribution in [0.5, 0.6) is 0 Å². The van der Waals surface area contributed by atoms with Gasteiger partial charge in [0.15, 0.2) is 6.19 Å². The zero-order valence-corrected chi connectivity index (χ0v) is 14.6. The van der Waals surface area contributed by atoms with Crippen molar-refractivity contribution in [3.05, 3.63) is 35.7 Å². The van der Waals surface area contributed by atoms with Crippen LogP contribution in [0.4, 0.5) is 5.69 Å². The molecule has 2 fully saturated rings. The van der Waals surface area contributed by atoms with Gasteiger partial charge in [-0.1, -0.05) is 12.1 Å². The summed E-state index contributed by atoms with van der Waals surface area (Å²) in [6, 6.07) is 5.90. The third kappa shape index (κ3) is 2.31. The van der Waals surface area contributed by atoms with Crippen LogP contribution in [0.3, 0.4) is 0 Å². The predicted molar refractivity (Wildman–Crippen MR) is 97.4 cm³/mol. The number of aromatic amines is 1. The molecule has 0 bridgehead atoms. The van der Waals surface area contributed by atoms with Crippen molar-refractivity contribution in [3.8, 4) is 17.3 Å². The first-order valence-electron chi connectivity index (χ1n) is 9.41. The highest BCUT2D eigenvalue weighted by Crippen LogP contribution is 2.45. The van der Waals surface area contributed by atoms with Crippen molar-refractivity contribution in [2.75, 3.05) is 18.0 Å². The second kappa shape index (κ2) is 5.87. The van der Waals surface area contributed by atoms with Crippen molar-refractivity contribution < 1.29 is 4.79 Å². The zero-order valence-electron chi connectivity index (χ0n) is 14.6. The van der Waals surface area contributed by atoms with Gasteiger partial charge in [-0.2, -0.15) is 10.4 Å². The molecule has 1 aliphatic carbocycles. The van der Waals surface area contributed by atoms with Gasteiger partial charge in [-0.05, 0) is 49.3 Å². The molecule has 1 saturated heterocycles. The van der Waals surface area contributed by atoms with E-state index in [0.29, 0.717) is 19.0 Å². The third-order valence-electron chi connectivity index (χ3n) is 5.88. The summed E-state index contributed by atoms with van der Waals surface area (Å²) in [5.41, 5.74) is 5.76. The van der Waals surface area contributed by atoms with Gasteiger partial charge >= 0.3 is 0 Å². The number of nitrogens with one attached hydrogen (secondary N) is 1. The van der Waals surface area contributed by atoms with Crippen LogP contribution in [0.1, 0.15) is 42.9 Å². The molecule has 26 heavy (non-hydrogen) atoms. The van der Waals surface area contributed by atoms with E-state index >= 15 is 0 Å². The minimum absolute atomic E-state index is 0.0644. The molecule has 5 rings (SSSR count). The van der Waals surface area contributed by atoms with Crippen LogP contribution in [0.2, 0.25) is 0 Å². The number of nitriles is 1. The molecule has 0 radical (unpaired) electrons. The SMILES string of the molecule is N#CN1CCC[C@H]1C(=O)N1CCc2c(-c3c[nH]nc3C3CC3)cccc21. The van der Waals surface area contributed by atoms with Crippen LogP contribution in [0, 0.1) is 11.5 Å². The summed E-state index contributed by atoms with van der Waals surface area (Å²) < 4.78 is 0. The second-order valence-electron chi connectivity index (χ2n) is 7.45. The number of hydrogen-bond acceptors (Lipinski definition) is 4. The fourth-order valence-corrected chi connectivity index (χ4v) is 4.42. The Kier molecular flexibility index (Phi) is 3.49. The average molecular weight is 347 g/mol. The Labute approximate surface area is 152 Å². The minimum Gasteiger partial charge on any atom is -0.310 e. The van der Waals surface area contributed by atoms with Crippen LogP contribution >= 0.6 is 0 Å². The van der Waals surface area contributed by atoms with E-state index in [0.717, 1.165) is 30.6 Å². The van der Waals surface area contributed by atoms with Gasteiger partial charge in [0.1, 0.15) is 6.04 Å². The lowest BCUT2D eigenvalue weighted by atomic mass is 9.97. The Hall–Kier alpha value is -2.81. The molecule has 3 aliphatic rings. The molecule has 1 atom stereocenters. The predicted octanol–water partition coefficient (Wildman–Crippen LogP) is 2.79. The zero-order chi connectivity index (χ0) is 17.7. The standard InChI is InChI=1S/C20H21N5O/c21-12-24-9-2-5-18(24)20(26)25-10-8-15-14(3-1-4-17(15)25)16-11-22-23-19(16)13-6-7-13/h1,3-4,11,13,18H,2,5-10H2,(H,22,23)/t18-/m0/s1. The molecule has 2 aliphatic heterocycles. The molecule has 0 unspecified atom stereocenters. The molecule has 3 heterocycles. The van der Waals surface area contributed by atoms with Crippen molar-refractivity contribution in [2.24, 2.45) is 0 Å². The molecule has 132 valence electrons. The first-order chi connectivity index (χ1) is 12.8. The lowest BCUT2D eigenvalue weighted by Crippen LogP contribution is -2.43. The van der Waals surface area contributed by atoms with E-state index < -0.39 is 0 Å². The third-order valence-corrected chi connectivity index (χ3v) is 5.88. The maximum atomic E-state index is 13.1. The lowest BCUT2D eigenvalue weighted by Gasteiger charge is -2.25. The normalized spacial score (nSPS) is 21.7. The summed E-state index contributed by atoms with van der Waals surface area (Å²) >= 11 is 0. The second-order valence-corrected chi connectivity index (χ2v) is 7.45. The van der Waals surface area contributed by atoms with Gasteiger partial charge in [0.05, 0.1) is 5.69 Å². The molecule has 6 heteroatoms. The number of fused-ring (bicyclic) bond motifs is 1. The lowest BCUT2D eigenvalue weighted by molar-refractivity contribution is -0.121. The smallest absolute Gasteiger partial charge is 0.250 e. The highest BCUT2D eigenvalue weighted by atomic mass is 16.2. The van der Waals surface area contributed by atoms with Crippen molar-refractivity contribution in [1.29, 1.82) is 5.26 Å². The molecule has 0 spiro atoms. The molecule has 6 nitrogen and oxygen atoms in total. The number of rotatable bonds is 3. The molecule has 1 aromatic heterocycles. The number of H-pyrrole nitrogens is 1. The monoisotopic (exact) mass is 347 g/mol. The summed E-state index contributed by atoms with van der Waals surface area (Å²) in [6.07, 6.45) is 9.12. The number of carbonyl (C=O) groups is 1. The number of benzene rings is 1. The summed E-state index contributed by atoms with van der Waals surface area (Å²) in [5.74, 6) is 0.642. The van der Waals surface area contributed by atoms with E-state index in [4.69, 9.17) is 0 Å². The van der Waals surface area contributed by atoms with E-state index in [9.17, 15) is 10.1 Å². The number of carbonyl (C=O) groups excluding carboxylic acids is 1. The number of aromatic nitrogens is 2. The van der Waals surface area contributed by atoms with Crippen LogP contribution in [-0.4, -0.2) is 40.1 Å². The minimum atomic E-state index is -0.300. The Morgan fingerprint density at radius 3 is 2.92 bits per heavy atom. The Morgan fingerprint density at radius 1 is 1.23 bits per heavy atom. The van der Waals surface area contributed by atoms with Gasteiger partial charge in [0.2, 0.25) is 5.91 Å².